The number of fused-ring (bicyclic) bond motifs is 3. The number of likely N-dealkylation sites (N-methyl/N-ethyl adjacent to an activating group) is 1. The smallest absolute Gasteiger partial charge is 0.161 e. The molecule has 0 N–H and O–H groups in total. The first-order valence-electron chi connectivity index (χ1n) is 8.99. The Morgan fingerprint density at radius 2 is 1.78 bits per heavy atom. The normalized spacial score (nSPS) is 24.4. The van der Waals surface area contributed by atoms with E-state index in [9.17, 15) is 4.39 Å². The maximum Gasteiger partial charge on any atom is 0.161 e. The second-order valence-corrected chi connectivity index (χ2v) is 7.01. The van der Waals surface area contributed by atoms with Crippen molar-refractivity contribution in [3.8, 4) is 11.5 Å². The molecule has 1 saturated heterocycles. The standard InChI is InChI=1S/C21H24FNO3.BrH/c1-23-9-5-8-17-20(23)15-11-18(24-2)19(25-3)12-16(15)21(26-17)13-6-4-7-14(22)10-13;/h4,6-7,10-12,17,20-21H,5,8-9H2,1-3H3;1H/t17-,20-,21?;/m0./s1. The van der Waals surface area contributed by atoms with Gasteiger partial charge in [-0.25, -0.2) is 4.39 Å². The molecule has 4 rings (SSSR count). The fraction of sp³-hybridized carbons (Fsp3) is 0.429. The van der Waals surface area contributed by atoms with Crippen molar-refractivity contribution in [2.24, 2.45) is 0 Å². The van der Waals surface area contributed by atoms with Crippen LogP contribution in [0.5, 0.6) is 11.5 Å². The minimum absolute atomic E-state index is 0. The zero-order valence-electron chi connectivity index (χ0n) is 15.8. The number of benzene rings is 2. The highest BCUT2D eigenvalue weighted by Gasteiger charge is 2.41. The van der Waals surface area contributed by atoms with E-state index in [4.69, 9.17) is 14.2 Å². The van der Waals surface area contributed by atoms with Crippen molar-refractivity contribution in [1.29, 1.82) is 0 Å². The lowest BCUT2D eigenvalue weighted by Crippen LogP contribution is -2.44. The summed E-state index contributed by atoms with van der Waals surface area (Å²) >= 11 is 0. The molecule has 0 saturated carbocycles. The van der Waals surface area contributed by atoms with Gasteiger partial charge in [-0.2, -0.15) is 0 Å². The summed E-state index contributed by atoms with van der Waals surface area (Å²) in [5, 5.41) is 0. The molecular formula is C21H25BrFNO3. The fourth-order valence-corrected chi connectivity index (χ4v) is 4.27. The van der Waals surface area contributed by atoms with Gasteiger partial charge in [-0.15, -0.1) is 17.0 Å². The molecule has 2 aromatic carbocycles. The molecule has 4 nitrogen and oxygen atoms in total. The predicted octanol–water partition coefficient (Wildman–Crippen LogP) is 4.68. The number of hydrogen-bond donors (Lipinski definition) is 0. The van der Waals surface area contributed by atoms with Crippen LogP contribution in [0.15, 0.2) is 36.4 Å². The molecule has 0 amide bonds. The van der Waals surface area contributed by atoms with Crippen LogP contribution in [-0.2, 0) is 4.74 Å². The summed E-state index contributed by atoms with van der Waals surface area (Å²) in [5.74, 6) is 1.12. The molecule has 6 heteroatoms. The van der Waals surface area contributed by atoms with E-state index in [2.05, 4.69) is 18.0 Å². The maximum absolute atomic E-state index is 13.8. The van der Waals surface area contributed by atoms with Crippen LogP contribution in [0, 0.1) is 5.82 Å². The molecule has 27 heavy (non-hydrogen) atoms. The van der Waals surface area contributed by atoms with Crippen molar-refractivity contribution in [1.82, 2.24) is 4.90 Å². The topological polar surface area (TPSA) is 30.9 Å². The number of ether oxygens (including phenoxy) is 3. The molecule has 0 radical (unpaired) electrons. The van der Waals surface area contributed by atoms with E-state index in [1.54, 1.807) is 26.4 Å². The van der Waals surface area contributed by atoms with Gasteiger partial charge in [-0.05, 0) is 67.4 Å². The Kier molecular flexibility index (Phi) is 6.08. The third-order valence-electron chi connectivity index (χ3n) is 5.48. The number of likely N-dealkylation sites (tertiary alicyclic amines) is 1. The quantitative estimate of drug-likeness (QED) is 0.697. The van der Waals surface area contributed by atoms with E-state index in [-0.39, 0.29) is 41.0 Å². The molecule has 0 bridgehead atoms. The predicted molar refractivity (Wildman–Crippen MR) is 108 cm³/mol. The molecule has 2 heterocycles. The number of rotatable bonds is 3. The van der Waals surface area contributed by atoms with Gasteiger partial charge in [0.05, 0.1) is 26.4 Å². The minimum Gasteiger partial charge on any atom is -0.493 e. The van der Waals surface area contributed by atoms with Crippen molar-refractivity contribution in [2.45, 2.75) is 31.1 Å². The Labute approximate surface area is 170 Å². The molecule has 0 spiro atoms. The summed E-state index contributed by atoms with van der Waals surface area (Å²) in [4.78, 5) is 2.33. The van der Waals surface area contributed by atoms with Gasteiger partial charge >= 0.3 is 0 Å². The average Bonchev–Trinajstić information content (AvgIpc) is 2.66. The SMILES string of the molecule is Br.COc1cc2c(cc1OC)[C@H]1[C@H](CCCN1C)OC2c1cccc(F)c1. The van der Waals surface area contributed by atoms with Crippen LogP contribution in [0.2, 0.25) is 0 Å². The van der Waals surface area contributed by atoms with Gasteiger partial charge in [0.1, 0.15) is 11.9 Å². The first-order chi connectivity index (χ1) is 12.6. The van der Waals surface area contributed by atoms with E-state index in [0.29, 0.717) is 11.5 Å². The summed E-state index contributed by atoms with van der Waals surface area (Å²) in [6, 6.07) is 10.9. The Morgan fingerprint density at radius 3 is 2.44 bits per heavy atom. The zero-order valence-corrected chi connectivity index (χ0v) is 17.5. The van der Waals surface area contributed by atoms with Crippen LogP contribution in [0.25, 0.3) is 0 Å². The van der Waals surface area contributed by atoms with Crippen LogP contribution in [0.4, 0.5) is 4.39 Å². The van der Waals surface area contributed by atoms with Gasteiger partial charge in [-0.1, -0.05) is 12.1 Å². The lowest BCUT2D eigenvalue weighted by atomic mass is 9.83. The fourth-order valence-electron chi connectivity index (χ4n) is 4.27. The van der Waals surface area contributed by atoms with Crippen molar-refractivity contribution in [3.05, 3.63) is 58.9 Å². The molecule has 146 valence electrons. The molecule has 2 aliphatic rings. The second kappa shape index (κ2) is 8.17. The van der Waals surface area contributed by atoms with Gasteiger partial charge in [-0.3, -0.25) is 4.90 Å². The van der Waals surface area contributed by atoms with Gasteiger partial charge in [0.25, 0.3) is 0 Å². The Bertz CT molecular complexity index is 816. The van der Waals surface area contributed by atoms with Crippen LogP contribution < -0.4 is 9.47 Å². The summed E-state index contributed by atoms with van der Waals surface area (Å²) in [5.41, 5.74) is 3.02. The molecule has 1 fully saturated rings. The Hall–Kier alpha value is -1.63. The lowest BCUT2D eigenvalue weighted by Gasteiger charge is -2.46. The maximum atomic E-state index is 13.8. The second-order valence-electron chi connectivity index (χ2n) is 7.01. The molecule has 1 unspecified atom stereocenters. The van der Waals surface area contributed by atoms with Gasteiger partial charge in [0.15, 0.2) is 11.5 Å². The van der Waals surface area contributed by atoms with Crippen molar-refractivity contribution >= 4 is 17.0 Å². The Balaban J connectivity index is 0.00000210. The van der Waals surface area contributed by atoms with Crippen molar-refractivity contribution in [2.75, 3.05) is 27.8 Å². The number of methoxy groups -OCH3 is 2. The molecule has 2 aromatic rings. The summed E-state index contributed by atoms with van der Waals surface area (Å²) in [6.45, 7) is 1.03. The van der Waals surface area contributed by atoms with Gasteiger partial charge in [0, 0.05) is 0 Å². The average molecular weight is 438 g/mol. The van der Waals surface area contributed by atoms with Crippen LogP contribution in [-0.4, -0.2) is 38.8 Å². The third kappa shape index (κ3) is 3.58. The summed E-state index contributed by atoms with van der Waals surface area (Å²) < 4.78 is 31.4. The van der Waals surface area contributed by atoms with E-state index in [0.717, 1.165) is 30.5 Å². The number of halogens is 2. The number of piperidine rings is 1. The summed E-state index contributed by atoms with van der Waals surface area (Å²) in [6.07, 6.45) is 1.85. The molecular weight excluding hydrogens is 413 g/mol. The highest BCUT2D eigenvalue weighted by Crippen LogP contribution is 2.48. The highest BCUT2D eigenvalue weighted by atomic mass is 79.9. The van der Waals surface area contributed by atoms with E-state index >= 15 is 0 Å². The summed E-state index contributed by atoms with van der Waals surface area (Å²) in [7, 11) is 5.40. The lowest BCUT2D eigenvalue weighted by molar-refractivity contribution is -0.0794. The zero-order chi connectivity index (χ0) is 18.3. The van der Waals surface area contributed by atoms with Crippen LogP contribution >= 0.6 is 17.0 Å². The molecule has 3 atom stereocenters. The van der Waals surface area contributed by atoms with Crippen molar-refractivity contribution < 1.29 is 18.6 Å². The van der Waals surface area contributed by atoms with E-state index in [1.165, 1.54) is 11.6 Å². The molecule has 2 aliphatic heterocycles. The van der Waals surface area contributed by atoms with Gasteiger partial charge in [0.2, 0.25) is 0 Å². The first kappa shape index (κ1) is 20.1. The monoisotopic (exact) mass is 437 g/mol. The first-order valence-corrected chi connectivity index (χ1v) is 8.99. The minimum atomic E-state index is -0.312. The third-order valence-corrected chi connectivity index (χ3v) is 5.48. The molecule has 0 aromatic heterocycles. The largest absolute Gasteiger partial charge is 0.493 e. The Morgan fingerprint density at radius 1 is 1.07 bits per heavy atom. The number of nitrogens with zero attached hydrogens (tertiary/aromatic N) is 1. The number of hydrogen-bond acceptors (Lipinski definition) is 4. The van der Waals surface area contributed by atoms with E-state index < -0.39 is 0 Å². The van der Waals surface area contributed by atoms with Crippen LogP contribution in [0.1, 0.15) is 41.7 Å². The van der Waals surface area contributed by atoms with Crippen molar-refractivity contribution in [3.63, 3.8) is 0 Å². The van der Waals surface area contributed by atoms with E-state index in [1.807, 2.05) is 12.1 Å². The highest BCUT2D eigenvalue weighted by molar-refractivity contribution is 8.93. The van der Waals surface area contributed by atoms with Gasteiger partial charge < -0.3 is 14.2 Å². The molecule has 0 aliphatic carbocycles. The van der Waals surface area contributed by atoms with Crippen LogP contribution in [0.3, 0.4) is 0 Å².